The summed E-state index contributed by atoms with van der Waals surface area (Å²) in [4.78, 5) is 0. The third-order valence-corrected chi connectivity index (χ3v) is 3.74. The molecule has 0 aromatic heterocycles. The summed E-state index contributed by atoms with van der Waals surface area (Å²) in [5, 5.41) is 13.2. The van der Waals surface area contributed by atoms with Crippen LogP contribution in [0, 0.1) is 0 Å². The molecule has 2 heteroatoms. The van der Waals surface area contributed by atoms with Crippen LogP contribution in [0.4, 0.5) is 0 Å². The largest absolute Gasteiger partial charge is 0.393 e. The van der Waals surface area contributed by atoms with Crippen molar-refractivity contribution in [3.8, 4) is 0 Å². The monoisotopic (exact) mass is 233 g/mol. The molecule has 1 aliphatic carbocycles. The molecule has 2 nitrogen and oxygen atoms in total. The molecule has 2 N–H and O–H groups in total. The molecule has 0 aliphatic heterocycles. The molecule has 0 radical (unpaired) electrons. The molecule has 17 heavy (non-hydrogen) atoms. The first-order chi connectivity index (χ1) is 8.29. The van der Waals surface area contributed by atoms with Crippen LogP contribution in [0.5, 0.6) is 0 Å². The zero-order valence-electron chi connectivity index (χ0n) is 10.6. The topological polar surface area (TPSA) is 32.3 Å². The first kappa shape index (κ1) is 12.6. The Labute approximate surface area is 104 Å². The highest BCUT2D eigenvalue weighted by Gasteiger charge is 2.21. The molecule has 0 heterocycles. The Hall–Kier alpha value is -0.860. The fraction of sp³-hybridized carbons (Fsp3) is 0.600. The van der Waals surface area contributed by atoms with Crippen molar-refractivity contribution in [2.45, 2.75) is 57.2 Å². The van der Waals surface area contributed by atoms with Crippen molar-refractivity contribution in [2.24, 2.45) is 0 Å². The second-order valence-electron chi connectivity index (χ2n) is 5.04. The first-order valence-corrected chi connectivity index (χ1v) is 6.78. The molecule has 94 valence electrons. The van der Waals surface area contributed by atoms with Crippen LogP contribution in [0.1, 0.15) is 50.6 Å². The molecular weight excluding hydrogens is 210 g/mol. The molecule has 0 spiro atoms. The van der Waals surface area contributed by atoms with Crippen LogP contribution in [0.3, 0.4) is 0 Å². The Morgan fingerprint density at radius 2 is 1.82 bits per heavy atom. The molecule has 1 unspecified atom stereocenters. The van der Waals surface area contributed by atoms with Gasteiger partial charge in [-0.3, -0.25) is 0 Å². The fourth-order valence-corrected chi connectivity index (χ4v) is 2.66. The van der Waals surface area contributed by atoms with Gasteiger partial charge in [0.25, 0.3) is 0 Å². The summed E-state index contributed by atoms with van der Waals surface area (Å²) in [5.41, 5.74) is 1.38. The predicted octanol–water partition coefficient (Wildman–Crippen LogP) is 3.03. The van der Waals surface area contributed by atoms with E-state index in [1.807, 2.05) is 0 Å². The maximum absolute atomic E-state index is 9.51. The van der Waals surface area contributed by atoms with Crippen LogP contribution in [0.25, 0.3) is 0 Å². The standard InChI is InChI=1S/C15H23NO/c1-2-15(12-6-4-3-5-7-12)16-13-8-10-14(17)11-9-13/h3-7,13-17H,2,8-11H2,1H3. The van der Waals surface area contributed by atoms with E-state index in [0.717, 1.165) is 32.1 Å². The van der Waals surface area contributed by atoms with Crippen molar-refractivity contribution in [3.05, 3.63) is 35.9 Å². The molecule has 1 aliphatic rings. The van der Waals surface area contributed by atoms with Crippen molar-refractivity contribution in [3.63, 3.8) is 0 Å². The third-order valence-electron chi connectivity index (χ3n) is 3.74. The maximum Gasteiger partial charge on any atom is 0.0541 e. The lowest BCUT2D eigenvalue weighted by Crippen LogP contribution is -2.36. The summed E-state index contributed by atoms with van der Waals surface area (Å²) in [6, 6.07) is 11.7. The van der Waals surface area contributed by atoms with Crippen molar-refractivity contribution >= 4 is 0 Å². The van der Waals surface area contributed by atoms with E-state index in [-0.39, 0.29) is 6.10 Å². The molecule has 2 rings (SSSR count). The SMILES string of the molecule is CCC(NC1CCC(O)CC1)c1ccccc1. The molecule has 0 bridgehead atoms. The van der Waals surface area contributed by atoms with Crippen LogP contribution in [0.15, 0.2) is 30.3 Å². The van der Waals surface area contributed by atoms with Crippen molar-refractivity contribution in [2.75, 3.05) is 0 Å². The van der Waals surface area contributed by atoms with Gasteiger partial charge in [-0.25, -0.2) is 0 Å². The van der Waals surface area contributed by atoms with Gasteiger partial charge in [-0.1, -0.05) is 37.3 Å². The predicted molar refractivity (Wildman–Crippen MR) is 70.9 cm³/mol. The van der Waals surface area contributed by atoms with E-state index in [4.69, 9.17) is 0 Å². The van der Waals surface area contributed by atoms with Crippen molar-refractivity contribution < 1.29 is 5.11 Å². The minimum Gasteiger partial charge on any atom is -0.393 e. The summed E-state index contributed by atoms with van der Waals surface area (Å²) in [6.07, 6.45) is 5.15. The summed E-state index contributed by atoms with van der Waals surface area (Å²) in [5.74, 6) is 0. The van der Waals surface area contributed by atoms with E-state index in [1.54, 1.807) is 0 Å². The van der Waals surface area contributed by atoms with E-state index >= 15 is 0 Å². The van der Waals surface area contributed by atoms with Gasteiger partial charge in [-0.2, -0.15) is 0 Å². The lowest BCUT2D eigenvalue weighted by atomic mass is 9.91. The number of benzene rings is 1. The molecule has 1 atom stereocenters. The molecule has 1 saturated carbocycles. The van der Waals surface area contributed by atoms with Crippen LogP contribution < -0.4 is 5.32 Å². The fourth-order valence-electron chi connectivity index (χ4n) is 2.66. The lowest BCUT2D eigenvalue weighted by Gasteiger charge is -2.30. The van der Waals surface area contributed by atoms with Gasteiger partial charge < -0.3 is 10.4 Å². The highest BCUT2D eigenvalue weighted by atomic mass is 16.3. The van der Waals surface area contributed by atoms with Crippen LogP contribution >= 0.6 is 0 Å². The Bertz CT molecular complexity index is 317. The summed E-state index contributed by atoms with van der Waals surface area (Å²) >= 11 is 0. The highest BCUT2D eigenvalue weighted by Crippen LogP contribution is 2.23. The quantitative estimate of drug-likeness (QED) is 0.838. The van der Waals surface area contributed by atoms with Crippen molar-refractivity contribution in [1.82, 2.24) is 5.32 Å². The zero-order valence-corrected chi connectivity index (χ0v) is 10.6. The Kier molecular flexibility index (Phi) is 4.57. The number of rotatable bonds is 4. The van der Waals surface area contributed by atoms with E-state index in [2.05, 4.69) is 42.6 Å². The molecule has 1 aromatic rings. The Balaban J connectivity index is 1.92. The van der Waals surface area contributed by atoms with Gasteiger partial charge in [0.1, 0.15) is 0 Å². The van der Waals surface area contributed by atoms with Gasteiger partial charge in [0, 0.05) is 12.1 Å². The minimum absolute atomic E-state index is 0.0650. The number of nitrogens with one attached hydrogen (secondary N) is 1. The molecular formula is C15H23NO. The molecule has 0 amide bonds. The summed E-state index contributed by atoms with van der Waals surface area (Å²) in [7, 11) is 0. The normalized spacial score (nSPS) is 26.7. The molecule has 0 saturated heterocycles. The van der Waals surface area contributed by atoms with E-state index < -0.39 is 0 Å². The van der Waals surface area contributed by atoms with Gasteiger partial charge >= 0.3 is 0 Å². The average Bonchev–Trinajstić information content (AvgIpc) is 2.39. The first-order valence-electron chi connectivity index (χ1n) is 6.78. The average molecular weight is 233 g/mol. The second kappa shape index (κ2) is 6.18. The van der Waals surface area contributed by atoms with Gasteiger partial charge in [0.2, 0.25) is 0 Å². The smallest absolute Gasteiger partial charge is 0.0541 e. The number of aliphatic hydroxyl groups excluding tert-OH is 1. The minimum atomic E-state index is -0.0650. The Morgan fingerprint density at radius 1 is 1.18 bits per heavy atom. The van der Waals surface area contributed by atoms with Gasteiger partial charge in [0.05, 0.1) is 6.10 Å². The molecule has 1 aromatic carbocycles. The third kappa shape index (κ3) is 3.55. The van der Waals surface area contributed by atoms with Gasteiger partial charge in [0.15, 0.2) is 0 Å². The number of hydrogen-bond acceptors (Lipinski definition) is 2. The lowest BCUT2D eigenvalue weighted by molar-refractivity contribution is 0.114. The summed E-state index contributed by atoms with van der Waals surface area (Å²) in [6.45, 7) is 2.22. The van der Waals surface area contributed by atoms with Crippen LogP contribution in [-0.2, 0) is 0 Å². The van der Waals surface area contributed by atoms with Gasteiger partial charge in [-0.05, 0) is 37.7 Å². The zero-order chi connectivity index (χ0) is 12.1. The van der Waals surface area contributed by atoms with E-state index in [9.17, 15) is 5.11 Å². The highest BCUT2D eigenvalue weighted by molar-refractivity contribution is 5.18. The van der Waals surface area contributed by atoms with Gasteiger partial charge in [-0.15, -0.1) is 0 Å². The number of aliphatic hydroxyl groups is 1. The molecule has 1 fully saturated rings. The Morgan fingerprint density at radius 3 is 2.41 bits per heavy atom. The van der Waals surface area contributed by atoms with Crippen LogP contribution in [0.2, 0.25) is 0 Å². The van der Waals surface area contributed by atoms with Crippen LogP contribution in [-0.4, -0.2) is 17.3 Å². The summed E-state index contributed by atoms with van der Waals surface area (Å²) < 4.78 is 0. The second-order valence-corrected chi connectivity index (χ2v) is 5.04. The van der Waals surface area contributed by atoms with E-state index in [0.29, 0.717) is 12.1 Å². The number of hydrogen-bond donors (Lipinski definition) is 2. The maximum atomic E-state index is 9.51. The van der Waals surface area contributed by atoms with Crippen molar-refractivity contribution in [1.29, 1.82) is 0 Å². The van der Waals surface area contributed by atoms with E-state index in [1.165, 1.54) is 5.56 Å².